The lowest BCUT2D eigenvalue weighted by Crippen LogP contribution is -1.73. The SMILES string of the molecule is SSc1ccc(Br)cn1. The van der Waals surface area contributed by atoms with Crippen molar-refractivity contribution in [1.29, 1.82) is 0 Å². The molecule has 0 aliphatic heterocycles. The minimum absolute atomic E-state index is 0.918. The quantitative estimate of drug-likeness (QED) is 0.579. The number of halogens is 1. The fourth-order valence-corrected chi connectivity index (χ4v) is 1.20. The van der Waals surface area contributed by atoms with Gasteiger partial charge in [0.1, 0.15) is 5.03 Å². The van der Waals surface area contributed by atoms with Gasteiger partial charge in [-0.1, -0.05) is 0 Å². The van der Waals surface area contributed by atoms with Crippen LogP contribution in [0.25, 0.3) is 0 Å². The van der Waals surface area contributed by atoms with Crippen molar-refractivity contribution in [3.8, 4) is 0 Å². The Labute approximate surface area is 71.2 Å². The molecule has 0 radical (unpaired) electrons. The number of aromatic nitrogens is 1. The standard InChI is InChI=1S/C5H4BrNS2/c6-4-1-2-5(9-8)7-3-4/h1-3,8H. The molecule has 0 aromatic carbocycles. The Kier molecular flexibility index (Phi) is 2.88. The summed E-state index contributed by atoms with van der Waals surface area (Å²) < 4.78 is 0.994. The number of thiol groups is 1. The Hall–Kier alpha value is 0.330. The third kappa shape index (κ3) is 2.20. The molecular formula is C5H4BrNS2. The van der Waals surface area contributed by atoms with Crippen LogP contribution in [0.2, 0.25) is 0 Å². The van der Waals surface area contributed by atoms with Crippen LogP contribution in [0.5, 0.6) is 0 Å². The fourth-order valence-electron chi connectivity index (χ4n) is 0.416. The average Bonchev–Trinajstić information content (AvgIpc) is 1.90. The summed E-state index contributed by atoms with van der Waals surface area (Å²) in [5.74, 6) is 0. The molecule has 1 rings (SSSR count). The van der Waals surface area contributed by atoms with Crippen molar-refractivity contribution in [3.05, 3.63) is 22.8 Å². The molecule has 0 unspecified atom stereocenters. The van der Waals surface area contributed by atoms with E-state index >= 15 is 0 Å². The lowest BCUT2D eigenvalue weighted by molar-refractivity contribution is 1.13. The molecule has 4 heteroatoms. The minimum Gasteiger partial charge on any atom is -0.248 e. The Morgan fingerprint density at radius 3 is 2.78 bits per heavy atom. The monoisotopic (exact) mass is 221 g/mol. The number of hydrogen-bond acceptors (Lipinski definition) is 3. The van der Waals surface area contributed by atoms with Crippen molar-refractivity contribution in [2.45, 2.75) is 5.03 Å². The van der Waals surface area contributed by atoms with Crippen LogP contribution in [0.3, 0.4) is 0 Å². The van der Waals surface area contributed by atoms with Crippen molar-refractivity contribution in [1.82, 2.24) is 4.98 Å². The van der Waals surface area contributed by atoms with Crippen molar-refractivity contribution >= 4 is 38.4 Å². The van der Waals surface area contributed by atoms with Crippen LogP contribution >= 0.6 is 38.4 Å². The van der Waals surface area contributed by atoms with E-state index in [2.05, 4.69) is 32.6 Å². The van der Waals surface area contributed by atoms with E-state index < -0.39 is 0 Å². The predicted octanol–water partition coefficient (Wildman–Crippen LogP) is 2.78. The van der Waals surface area contributed by atoms with E-state index in [-0.39, 0.29) is 0 Å². The maximum absolute atomic E-state index is 4.04. The molecule has 1 heterocycles. The molecule has 0 spiro atoms. The Morgan fingerprint density at radius 2 is 2.33 bits per heavy atom. The highest BCUT2D eigenvalue weighted by Gasteiger charge is 1.88. The lowest BCUT2D eigenvalue weighted by Gasteiger charge is -1.91. The summed E-state index contributed by atoms with van der Waals surface area (Å²) in [6.45, 7) is 0. The van der Waals surface area contributed by atoms with Gasteiger partial charge in [0.2, 0.25) is 0 Å². The predicted molar refractivity (Wildman–Crippen MR) is 46.8 cm³/mol. The highest BCUT2D eigenvalue weighted by Crippen LogP contribution is 2.19. The first-order chi connectivity index (χ1) is 4.33. The first kappa shape index (κ1) is 7.44. The largest absolute Gasteiger partial charge is 0.248 e. The maximum atomic E-state index is 4.04. The van der Waals surface area contributed by atoms with Crippen LogP contribution in [0.4, 0.5) is 0 Å². The highest BCUT2D eigenvalue weighted by atomic mass is 79.9. The fraction of sp³-hybridized carbons (Fsp3) is 0. The van der Waals surface area contributed by atoms with Crippen LogP contribution in [0.1, 0.15) is 0 Å². The molecule has 1 nitrogen and oxygen atoms in total. The summed E-state index contributed by atoms with van der Waals surface area (Å²) in [7, 11) is 1.34. The first-order valence-electron chi connectivity index (χ1n) is 2.26. The number of rotatable bonds is 1. The maximum Gasteiger partial charge on any atom is 0.106 e. The molecule has 0 saturated heterocycles. The molecule has 0 bridgehead atoms. The Balaban J connectivity index is 2.88. The van der Waals surface area contributed by atoms with Gasteiger partial charge in [-0.25, -0.2) is 4.98 Å². The number of nitrogens with zero attached hydrogens (tertiary/aromatic N) is 1. The second kappa shape index (κ2) is 3.49. The molecule has 0 fully saturated rings. The van der Waals surface area contributed by atoms with E-state index in [0.717, 1.165) is 9.50 Å². The topological polar surface area (TPSA) is 12.9 Å². The molecular weight excluding hydrogens is 218 g/mol. The average molecular weight is 222 g/mol. The zero-order valence-corrected chi connectivity index (χ0v) is 7.71. The van der Waals surface area contributed by atoms with Crippen molar-refractivity contribution in [3.63, 3.8) is 0 Å². The van der Waals surface area contributed by atoms with Gasteiger partial charge in [0.05, 0.1) is 0 Å². The van der Waals surface area contributed by atoms with Gasteiger partial charge in [-0.05, 0) is 38.9 Å². The molecule has 0 aliphatic carbocycles. The van der Waals surface area contributed by atoms with Gasteiger partial charge in [0, 0.05) is 10.7 Å². The zero-order chi connectivity index (χ0) is 6.69. The number of pyridine rings is 1. The Morgan fingerprint density at radius 1 is 1.56 bits per heavy atom. The van der Waals surface area contributed by atoms with Crippen LogP contribution < -0.4 is 0 Å². The van der Waals surface area contributed by atoms with Crippen LogP contribution in [-0.4, -0.2) is 4.98 Å². The summed E-state index contributed by atoms with van der Waals surface area (Å²) in [5, 5.41) is 0.918. The summed E-state index contributed by atoms with van der Waals surface area (Å²) in [6.07, 6.45) is 1.75. The molecule has 0 amide bonds. The lowest BCUT2D eigenvalue weighted by atomic mass is 10.5. The van der Waals surface area contributed by atoms with Crippen molar-refractivity contribution in [2.75, 3.05) is 0 Å². The molecule has 0 N–H and O–H groups in total. The van der Waals surface area contributed by atoms with Gasteiger partial charge < -0.3 is 0 Å². The van der Waals surface area contributed by atoms with Gasteiger partial charge in [-0.3, -0.25) is 0 Å². The van der Waals surface area contributed by atoms with E-state index in [1.165, 1.54) is 10.8 Å². The normalized spacial score (nSPS) is 9.56. The minimum atomic E-state index is 0.918. The molecule has 9 heavy (non-hydrogen) atoms. The summed E-state index contributed by atoms with van der Waals surface area (Å²) in [6, 6.07) is 3.84. The first-order valence-corrected chi connectivity index (χ1v) is 4.92. The third-order valence-electron chi connectivity index (χ3n) is 0.794. The molecule has 0 aliphatic rings. The van der Waals surface area contributed by atoms with Crippen LogP contribution in [0.15, 0.2) is 27.8 Å². The molecule has 1 aromatic rings. The molecule has 1 aromatic heterocycles. The van der Waals surface area contributed by atoms with Gasteiger partial charge >= 0.3 is 0 Å². The highest BCUT2D eigenvalue weighted by molar-refractivity contribution is 9.10. The summed E-state index contributed by atoms with van der Waals surface area (Å²) >= 11 is 7.26. The smallest absolute Gasteiger partial charge is 0.106 e. The van der Waals surface area contributed by atoms with Crippen LogP contribution in [-0.2, 0) is 0 Å². The van der Waals surface area contributed by atoms with Crippen LogP contribution in [0, 0.1) is 0 Å². The number of hydrogen-bond donors (Lipinski definition) is 1. The molecule has 0 saturated carbocycles. The van der Waals surface area contributed by atoms with E-state index in [0.29, 0.717) is 0 Å². The van der Waals surface area contributed by atoms with Gasteiger partial charge in [-0.15, -0.1) is 11.7 Å². The van der Waals surface area contributed by atoms with Crippen molar-refractivity contribution < 1.29 is 0 Å². The van der Waals surface area contributed by atoms with E-state index in [4.69, 9.17) is 0 Å². The zero-order valence-electron chi connectivity index (χ0n) is 4.41. The van der Waals surface area contributed by atoms with E-state index in [1.807, 2.05) is 12.1 Å². The summed E-state index contributed by atoms with van der Waals surface area (Å²) in [4.78, 5) is 4.04. The summed E-state index contributed by atoms with van der Waals surface area (Å²) in [5.41, 5.74) is 0. The van der Waals surface area contributed by atoms with Gasteiger partial charge in [0.15, 0.2) is 0 Å². The van der Waals surface area contributed by atoms with Gasteiger partial charge in [0.25, 0.3) is 0 Å². The third-order valence-corrected chi connectivity index (χ3v) is 2.25. The van der Waals surface area contributed by atoms with E-state index in [1.54, 1.807) is 6.20 Å². The second-order valence-electron chi connectivity index (χ2n) is 1.41. The molecule has 48 valence electrons. The second-order valence-corrected chi connectivity index (χ2v) is 3.47. The van der Waals surface area contributed by atoms with Crippen molar-refractivity contribution in [2.24, 2.45) is 0 Å². The Bertz CT molecular complexity index is 187. The van der Waals surface area contributed by atoms with E-state index in [9.17, 15) is 0 Å². The van der Waals surface area contributed by atoms with Gasteiger partial charge in [-0.2, -0.15) is 0 Å². The molecule has 0 atom stereocenters.